The van der Waals surface area contributed by atoms with E-state index in [2.05, 4.69) is 15.8 Å². The average Bonchev–Trinajstić information content (AvgIpc) is 2.90. The van der Waals surface area contributed by atoms with E-state index >= 15 is 0 Å². The summed E-state index contributed by atoms with van der Waals surface area (Å²) in [6.07, 6.45) is 1.52. The highest BCUT2D eigenvalue weighted by Crippen LogP contribution is 2.18. The van der Waals surface area contributed by atoms with E-state index in [1.807, 2.05) is 18.4 Å². The molecule has 0 atom stereocenters. The quantitative estimate of drug-likeness (QED) is 0.641. The van der Waals surface area contributed by atoms with Gasteiger partial charge in [0.05, 0.1) is 23.3 Å². The van der Waals surface area contributed by atoms with Gasteiger partial charge in [-0.15, -0.1) is 11.3 Å². The summed E-state index contributed by atoms with van der Waals surface area (Å²) < 4.78 is 13.6. The molecule has 0 aliphatic heterocycles. The average molecular weight is 354 g/mol. The highest BCUT2D eigenvalue weighted by Gasteiger charge is 2.16. The predicted octanol–water partition coefficient (Wildman–Crippen LogP) is 2.73. The Kier molecular flexibility index (Phi) is 5.84. The number of carbonyl (C=O) groups excluding carboxylic acids is 2. The predicted molar refractivity (Wildman–Crippen MR) is 88.5 cm³/mol. The number of halogens is 2. The SMILES string of the molecule is Cc1ccsc1C=NNC(=O)CNC(=O)c1c(F)cccc1Cl. The molecule has 5 nitrogen and oxygen atoms in total. The molecule has 0 unspecified atom stereocenters. The Hall–Kier alpha value is -2.25. The fourth-order valence-electron chi connectivity index (χ4n) is 1.68. The van der Waals surface area contributed by atoms with Gasteiger partial charge < -0.3 is 5.32 Å². The van der Waals surface area contributed by atoms with Crippen LogP contribution in [0.1, 0.15) is 20.8 Å². The second kappa shape index (κ2) is 7.85. The molecule has 0 bridgehead atoms. The Morgan fingerprint density at radius 3 is 2.83 bits per heavy atom. The van der Waals surface area contributed by atoms with Gasteiger partial charge in [-0.1, -0.05) is 17.7 Å². The number of carbonyl (C=O) groups is 2. The molecule has 23 heavy (non-hydrogen) atoms. The van der Waals surface area contributed by atoms with Gasteiger partial charge in [-0.25, -0.2) is 9.82 Å². The second-order valence-electron chi connectivity index (χ2n) is 4.54. The number of benzene rings is 1. The summed E-state index contributed by atoms with van der Waals surface area (Å²) in [7, 11) is 0. The van der Waals surface area contributed by atoms with Crippen LogP contribution in [0.2, 0.25) is 5.02 Å². The van der Waals surface area contributed by atoms with Gasteiger partial charge in [-0.2, -0.15) is 5.10 Å². The first-order valence-electron chi connectivity index (χ1n) is 6.57. The van der Waals surface area contributed by atoms with E-state index in [1.165, 1.54) is 29.7 Å². The second-order valence-corrected chi connectivity index (χ2v) is 5.90. The van der Waals surface area contributed by atoms with Crippen molar-refractivity contribution in [2.45, 2.75) is 6.92 Å². The lowest BCUT2D eigenvalue weighted by Crippen LogP contribution is -2.35. The van der Waals surface area contributed by atoms with Crippen LogP contribution in [0, 0.1) is 12.7 Å². The first-order valence-corrected chi connectivity index (χ1v) is 7.83. The molecule has 0 saturated heterocycles. The Balaban J connectivity index is 1.86. The molecule has 120 valence electrons. The molecular weight excluding hydrogens is 341 g/mol. The maximum Gasteiger partial charge on any atom is 0.259 e. The van der Waals surface area contributed by atoms with E-state index in [0.717, 1.165) is 16.5 Å². The lowest BCUT2D eigenvalue weighted by Gasteiger charge is -2.06. The number of nitrogens with zero attached hydrogens (tertiary/aromatic N) is 1. The Morgan fingerprint density at radius 1 is 1.39 bits per heavy atom. The minimum absolute atomic E-state index is 0.0194. The van der Waals surface area contributed by atoms with Crippen LogP contribution in [-0.2, 0) is 4.79 Å². The molecule has 1 aromatic heterocycles. The third-order valence-electron chi connectivity index (χ3n) is 2.87. The van der Waals surface area contributed by atoms with Crippen LogP contribution >= 0.6 is 22.9 Å². The third kappa shape index (κ3) is 4.61. The van der Waals surface area contributed by atoms with Crippen molar-refractivity contribution >= 4 is 41.0 Å². The Morgan fingerprint density at radius 2 is 2.17 bits per heavy atom. The van der Waals surface area contributed by atoms with Crippen LogP contribution in [0.4, 0.5) is 4.39 Å². The molecule has 1 heterocycles. The van der Waals surface area contributed by atoms with Gasteiger partial charge in [0.2, 0.25) is 0 Å². The van der Waals surface area contributed by atoms with Crippen molar-refractivity contribution in [3.05, 3.63) is 56.5 Å². The van der Waals surface area contributed by atoms with Crippen molar-refractivity contribution in [3.63, 3.8) is 0 Å². The van der Waals surface area contributed by atoms with Crippen LogP contribution in [-0.4, -0.2) is 24.6 Å². The lowest BCUT2D eigenvalue weighted by molar-refractivity contribution is -0.120. The van der Waals surface area contributed by atoms with E-state index < -0.39 is 17.6 Å². The van der Waals surface area contributed by atoms with Crippen LogP contribution in [0.15, 0.2) is 34.7 Å². The van der Waals surface area contributed by atoms with Gasteiger partial charge in [-0.3, -0.25) is 9.59 Å². The molecule has 8 heteroatoms. The molecular formula is C15H13ClFN3O2S. The van der Waals surface area contributed by atoms with Gasteiger partial charge >= 0.3 is 0 Å². The van der Waals surface area contributed by atoms with Crippen molar-refractivity contribution in [2.75, 3.05) is 6.54 Å². The number of hydrogen-bond acceptors (Lipinski definition) is 4. The summed E-state index contributed by atoms with van der Waals surface area (Å²) in [5.41, 5.74) is 3.04. The third-order valence-corrected chi connectivity index (χ3v) is 4.14. The first-order chi connectivity index (χ1) is 11.0. The van der Waals surface area contributed by atoms with Crippen LogP contribution < -0.4 is 10.7 Å². The maximum absolute atomic E-state index is 13.6. The molecule has 0 fully saturated rings. The number of hydrogen-bond donors (Lipinski definition) is 2. The topological polar surface area (TPSA) is 70.6 Å². The number of aryl methyl sites for hydroxylation is 1. The molecule has 0 aliphatic carbocycles. The fraction of sp³-hybridized carbons (Fsp3) is 0.133. The van der Waals surface area contributed by atoms with Crippen molar-refractivity contribution < 1.29 is 14.0 Å². The monoisotopic (exact) mass is 353 g/mol. The molecule has 0 spiro atoms. The number of thiophene rings is 1. The zero-order valence-corrected chi connectivity index (χ0v) is 13.7. The highest BCUT2D eigenvalue weighted by molar-refractivity contribution is 7.11. The van der Waals surface area contributed by atoms with E-state index in [4.69, 9.17) is 11.6 Å². The molecule has 0 radical (unpaired) electrons. The molecule has 2 amide bonds. The molecule has 2 rings (SSSR count). The number of amides is 2. The number of rotatable bonds is 5. The van der Waals surface area contributed by atoms with E-state index in [9.17, 15) is 14.0 Å². The lowest BCUT2D eigenvalue weighted by atomic mass is 10.2. The maximum atomic E-state index is 13.6. The summed E-state index contributed by atoms with van der Waals surface area (Å²) in [6.45, 7) is 1.59. The summed E-state index contributed by atoms with van der Waals surface area (Å²) >= 11 is 7.26. The molecule has 2 N–H and O–H groups in total. The van der Waals surface area contributed by atoms with Gasteiger partial charge in [0.25, 0.3) is 11.8 Å². The van der Waals surface area contributed by atoms with E-state index in [-0.39, 0.29) is 17.1 Å². The number of nitrogens with one attached hydrogen (secondary N) is 2. The van der Waals surface area contributed by atoms with Crippen LogP contribution in [0.25, 0.3) is 0 Å². The molecule has 1 aromatic carbocycles. The summed E-state index contributed by atoms with van der Waals surface area (Å²) in [5, 5.41) is 7.98. The van der Waals surface area contributed by atoms with Crippen LogP contribution in [0.3, 0.4) is 0 Å². The standard InChI is InChI=1S/C15H13ClFN3O2S/c1-9-5-6-23-12(9)7-19-20-13(21)8-18-15(22)14-10(16)3-2-4-11(14)17/h2-7H,8H2,1H3,(H,18,22)(H,20,21). The van der Waals surface area contributed by atoms with Crippen molar-refractivity contribution in [2.24, 2.45) is 5.10 Å². The van der Waals surface area contributed by atoms with Crippen molar-refractivity contribution in [1.29, 1.82) is 0 Å². The Labute approximate surface area is 141 Å². The van der Waals surface area contributed by atoms with Crippen molar-refractivity contribution in [1.82, 2.24) is 10.7 Å². The summed E-state index contributed by atoms with van der Waals surface area (Å²) in [6, 6.07) is 5.84. The zero-order chi connectivity index (χ0) is 16.8. The van der Waals surface area contributed by atoms with E-state index in [0.29, 0.717) is 0 Å². The highest BCUT2D eigenvalue weighted by atomic mass is 35.5. The van der Waals surface area contributed by atoms with Gasteiger partial charge in [0, 0.05) is 4.88 Å². The fourth-order valence-corrected chi connectivity index (χ4v) is 2.72. The number of hydrazone groups is 1. The largest absolute Gasteiger partial charge is 0.343 e. The first kappa shape index (κ1) is 17.1. The van der Waals surface area contributed by atoms with Crippen molar-refractivity contribution in [3.8, 4) is 0 Å². The minimum Gasteiger partial charge on any atom is -0.343 e. The normalized spacial score (nSPS) is 10.7. The molecule has 0 saturated carbocycles. The van der Waals surface area contributed by atoms with Crippen LogP contribution in [0.5, 0.6) is 0 Å². The summed E-state index contributed by atoms with van der Waals surface area (Å²) in [5.74, 6) is -2.04. The zero-order valence-electron chi connectivity index (χ0n) is 12.1. The van der Waals surface area contributed by atoms with Gasteiger partial charge in [0.1, 0.15) is 5.82 Å². The van der Waals surface area contributed by atoms with Gasteiger partial charge in [0.15, 0.2) is 0 Å². The van der Waals surface area contributed by atoms with E-state index in [1.54, 1.807) is 0 Å². The Bertz CT molecular complexity index is 741. The minimum atomic E-state index is -0.763. The molecule has 2 aromatic rings. The summed E-state index contributed by atoms with van der Waals surface area (Å²) in [4.78, 5) is 24.4. The smallest absolute Gasteiger partial charge is 0.259 e. The van der Waals surface area contributed by atoms with Gasteiger partial charge in [-0.05, 0) is 36.1 Å². The molecule has 0 aliphatic rings.